The van der Waals surface area contributed by atoms with Gasteiger partial charge in [0, 0.05) is 85.4 Å². The number of benzene rings is 7. The third-order valence-corrected chi connectivity index (χ3v) is 27.8. The summed E-state index contributed by atoms with van der Waals surface area (Å²) in [5.41, 5.74) is 22.6. The number of nitrogens with zero attached hydrogens (tertiary/aromatic N) is 8. The molecule has 16 rings (SSSR count). The van der Waals surface area contributed by atoms with Gasteiger partial charge in [0.05, 0.1) is 59.5 Å². The van der Waals surface area contributed by atoms with E-state index in [1.807, 2.05) is 125 Å². The maximum Gasteiger partial charge on any atom is 0.416 e. The number of fused-ring (bicyclic) bond motifs is 2. The quantitative estimate of drug-likeness (QED) is 0.0659. The maximum atomic E-state index is 13.9. The van der Waals surface area contributed by atoms with E-state index in [1.54, 1.807) is 81.6 Å². The molecule has 2 N–H and O–H groups in total. The van der Waals surface area contributed by atoms with Gasteiger partial charge in [0.25, 0.3) is 0 Å². The van der Waals surface area contributed by atoms with Gasteiger partial charge >= 0.3 is 12.4 Å². The highest BCUT2D eigenvalue weighted by molar-refractivity contribution is 6.32. The van der Waals surface area contributed by atoms with Crippen molar-refractivity contribution in [2.24, 2.45) is 7.05 Å². The number of aryl methyl sites for hydroxylation is 6. The molecule has 2 unspecified atom stereocenters. The van der Waals surface area contributed by atoms with Gasteiger partial charge in [0.15, 0.2) is 0 Å². The molecule has 824 valence electrons. The predicted molar refractivity (Wildman–Crippen MR) is 605 cm³/mol. The van der Waals surface area contributed by atoms with Crippen LogP contribution in [0.25, 0.3) is 5.69 Å². The lowest BCUT2D eigenvalue weighted by atomic mass is 9.78. The molecule has 149 heavy (non-hydrogen) atoms. The van der Waals surface area contributed by atoms with Gasteiger partial charge in [0.2, 0.25) is 0 Å². The third kappa shape index (κ3) is 39.5. The molecule has 5 aliphatic rings. The number of likely N-dealkylation sites (N-methyl/N-ethyl adjacent to an activating group) is 1. The molecular formula is C126H184ClF7N10O5. The monoisotopic (exact) mass is 2090 g/mol. The first-order chi connectivity index (χ1) is 69.2. The fraction of sp³-hybridized carbons (Fsp3) is 0.571. The highest BCUT2D eigenvalue weighted by atomic mass is 35.5. The normalized spacial score (nSPS) is 15.3. The van der Waals surface area contributed by atoms with Crippen LogP contribution in [0.15, 0.2) is 167 Å². The van der Waals surface area contributed by atoms with Gasteiger partial charge in [-0.15, -0.1) is 0 Å². The largest absolute Gasteiger partial charge is 0.497 e. The number of hydrogen-bond donors (Lipinski definition) is 2. The molecule has 2 saturated heterocycles. The van der Waals surface area contributed by atoms with Crippen LogP contribution < -0.4 is 24.8 Å². The zero-order valence-electron chi connectivity index (χ0n) is 97.5. The van der Waals surface area contributed by atoms with Crippen LogP contribution in [-0.2, 0) is 83.0 Å². The smallest absolute Gasteiger partial charge is 0.416 e. The van der Waals surface area contributed by atoms with E-state index < -0.39 is 28.9 Å². The lowest BCUT2D eigenvalue weighted by molar-refractivity contribution is -0.138. The summed E-state index contributed by atoms with van der Waals surface area (Å²) in [5.74, 6) is 6.48. The average molecular weight is 2090 g/mol. The zero-order chi connectivity index (χ0) is 111. The van der Waals surface area contributed by atoms with Gasteiger partial charge in [-0.3, -0.25) is 4.68 Å². The van der Waals surface area contributed by atoms with Crippen molar-refractivity contribution in [2.45, 2.75) is 390 Å². The number of imidazole rings is 1. The second-order valence-corrected chi connectivity index (χ2v) is 49.6. The van der Waals surface area contributed by atoms with Crippen LogP contribution in [0.2, 0.25) is 5.02 Å². The topological polar surface area (TPSA) is 146 Å². The Labute approximate surface area is 897 Å². The van der Waals surface area contributed by atoms with Crippen LogP contribution in [0.1, 0.15) is 417 Å². The summed E-state index contributed by atoms with van der Waals surface area (Å²) in [4.78, 5) is 8.07. The van der Waals surface area contributed by atoms with E-state index in [2.05, 4.69) is 254 Å². The summed E-state index contributed by atoms with van der Waals surface area (Å²) >= 11 is 6.40. The van der Waals surface area contributed by atoms with Crippen molar-refractivity contribution in [1.82, 2.24) is 50.1 Å². The fourth-order valence-electron chi connectivity index (χ4n) is 19.3. The summed E-state index contributed by atoms with van der Waals surface area (Å²) in [5, 5.41) is 19.3. The standard InChI is InChI=1S/C17H25N.C16H27NO.C16H24O.C15H22F3NO.C14H19ClFN.C14H15F3N2.C13H18.C8H14N2.C7H11NO.C6H9NO/c1-17(2,3)14-10-9-12-6-4-7-13(12)16(14)15-8-5-11-18-15;1-13-12-14(16(2,3)4)8-9-15(13)18-11-7-10-17(5)6;1-16(2,3)15-10-9-13(17-4)11-14(15)12-7-5-6-8-12;1-14(2,3)12-10-11(15(16,17)18)6-7-13(12)20-9-8-19(4)5;1-14(2,3)12-10(16)7-6-9(13(12)15)11-5-4-8-17-11;1-13(2,3)11-8-10(14(15,16)17)4-5-12(11)19-7-6-18-9-19;1-13(2,3)12-9-5-7-10-6-4-8-11(10)12;1-6(2)8-5-7(3)9-10(8)4;1-5(2)7-4-6(3)8-9-7;1-5(2)6-3-4-7-8-6/h9-10,15,18H,4-8,11H2,1-3H3;8-9,12H,7,10-11H2,1-6H3;9-12H,5-8H2,1-4H3;6-7,10H,8-9H2,1-5H3;6-7,11,17H,4-5,8H2,1-3H3;4-9H,1-3H3;5,7,9H,4,6,8H2,1-3H3;5-6H,1-4H3;4-5H,1-3H3;3-5H,1-2H3. The maximum absolute atomic E-state index is 13.9. The van der Waals surface area contributed by atoms with Crippen LogP contribution in [-0.4, -0.2) is 114 Å². The Morgan fingerprint density at radius 2 is 1.01 bits per heavy atom. The first-order valence-electron chi connectivity index (χ1n) is 54.0. The van der Waals surface area contributed by atoms with Crippen molar-refractivity contribution in [1.29, 1.82) is 0 Å². The van der Waals surface area contributed by atoms with Crippen LogP contribution in [0.3, 0.4) is 0 Å². The first kappa shape index (κ1) is 126. The van der Waals surface area contributed by atoms with E-state index >= 15 is 0 Å². The predicted octanol–water partition coefficient (Wildman–Crippen LogP) is 33.7. The Kier molecular flexibility index (Phi) is 47.3. The molecule has 23 heteroatoms. The van der Waals surface area contributed by atoms with Crippen LogP contribution in [0.4, 0.5) is 30.7 Å². The SMILES string of the molecule is CC(C)(C)c1c(F)ccc(C2CCCN2)c1Cl.CC(C)(C)c1cc(C(F)(F)F)ccc1-n1ccnc1.CC(C)(C)c1ccc2c(c1C1CCCN1)CCC2.CC(C)(C)c1cccc2c1CCC2.CC(C)c1ccno1.CN(C)CCOc1ccc(C(F)(F)F)cc1C(C)(C)C.COc1ccc(C(C)(C)C)c(C2CCCC2)c1.Cc1cc(C(C)(C)C)ccc1OCCCN(C)C.Cc1cc(C(C)C)n(C)n1.Cc1cc(C(C)C)on1. The molecule has 4 aromatic heterocycles. The third-order valence-electron chi connectivity index (χ3n) is 27.4. The Hall–Kier alpha value is -9.58. The average Bonchev–Trinajstić information content (AvgIpc) is 1.68. The molecule has 3 fully saturated rings. The van der Waals surface area contributed by atoms with Gasteiger partial charge < -0.3 is 48.3 Å². The van der Waals surface area contributed by atoms with E-state index in [4.69, 9.17) is 34.9 Å². The highest BCUT2D eigenvalue weighted by Gasteiger charge is 2.37. The lowest BCUT2D eigenvalue weighted by Gasteiger charge is -2.28. The first-order valence-corrected chi connectivity index (χ1v) is 54.4. The van der Waals surface area contributed by atoms with Crippen LogP contribution in [0, 0.1) is 26.6 Å². The fourth-order valence-corrected chi connectivity index (χ4v) is 19.9. The molecular weight excluding hydrogens is 1900 g/mol. The number of ether oxygens (including phenoxy) is 3. The highest BCUT2D eigenvalue weighted by Crippen LogP contribution is 2.46. The summed E-state index contributed by atoms with van der Waals surface area (Å²) in [6.07, 6.45) is 17.2. The minimum atomic E-state index is -4.33. The van der Waals surface area contributed by atoms with E-state index in [0.717, 1.165) is 103 Å². The van der Waals surface area contributed by atoms with Gasteiger partial charge in [-0.25, -0.2) is 9.37 Å². The van der Waals surface area contributed by atoms with Crippen LogP contribution >= 0.6 is 11.6 Å². The minimum Gasteiger partial charge on any atom is -0.497 e. The molecule has 0 radical (unpaired) electrons. The lowest BCUT2D eigenvalue weighted by Crippen LogP contribution is -2.22. The molecule has 11 aromatic rings. The number of hydrogen-bond acceptors (Lipinski definition) is 13. The minimum absolute atomic E-state index is 0.203. The summed E-state index contributed by atoms with van der Waals surface area (Å²) in [6, 6.07) is 42.4. The van der Waals surface area contributed by atoms with Crippen molar-refractivity contribution in [2.75, 3.05) is 74.7 Å². The molecule has 1 saturated carbocycles. The van der Waals surface area contributed by atoms with E-state index in [1.165, 1.54) is 136 Å². The van der Waals surface area contributed by atoms with Crippen molar-refractivity contribution in [3.63, 3.8) is 0 Å². The van der Waals surface area contributed by atoms with Gasteiger partial charge in [-0.05, 0) is 334 Å². The van der Waals surface area contributed by atoms with Crippen molar-refractivity contribution >= 4 is 11.6 Å². The second-order valence-electron chi connectivity index (χ2n) is 49.3. The van der Waals surface area contributed by atoms with Gasteiger partial charge in [0.1, 0.15) is 41.2 Å². The molecule has 7 aromatic carbocycles. The Bertz CT molecular complexity index is 5860. The number of methoxy groups -OCH3 is 1. The summed E-state index contributed by atoms with van der Waals surface area (Å²) in [7, 11) is 11.8. The Balaban J connectivity index is 0.000000226. The molecule has 0 spiro atoms. The molecule has 3 aliphatic carbocycles. The molecule has 6 heterocycles. The number of rotatable bonds is 17. The summed E-state index contributed by atoms with van der Waals surface area (Å²) in [6.45, 7) is 68.8. The Morgan fingerprint density at radius 1 is 0.470 bits per heavy atom. The van der Waals surface area contributed by atoms with Crippen molar-refractivity contribution in [3.8, 4) is 22.9 Å². The van der Waals surface area contributed by atoms with Crippen molar-refractivity contribution in [3.05, 3.63) is 292 Å². The van der Waals surface area contributed by atoms with Gasteiger partial charge in [-0.1, -0.05) is 276 Å². The Morgan fingerprint density at radius 3 is 1.47 bits per heavy atom. The molecule has 0 bridgehead atoms. The zero-order valence-corrected chi connectivity index (χ0v) is 98.2. The van der Waals surface area contributed by atoms with E-state index in [0.29, 0.717) is 69.8 Å². The number of halogens is 8. The van der Waals surface area contributed by atoms with E-state index in [9.17, 15) is 30.7 Å². The molecule has 0 amide bonds. The van der Waals surface area contributed by atoms with Gasteiger partial charge in [-0.2, -0.15) is 31.4 Å². The van der Waals surface area contributed by atoms with E-state index in [-0.39, 0.29) is 38.9 Å². The number of nitrogens with one attached hydrogen (secondary N) is 2. The molecule has 2 atom stereocenters. The molecule has 15 nitrogen and oxygen atoms in total. The van der Waals surface area contributed by atoms with Crippen LogP contribution in [0.5, 0.6) is 17.2 Å². The number of alkyl halides is 6. The molecule has 2 aliphatic heterocycles. The summed E-state index contributed by atoms with van der Waals surface area (Å²) < 4.78 is 121. The van der Waals surface area contributed by atoms with Crippen molar-refractivity contribution < 1.29 is 54.0 Å². The number of aromatic nitrogens is 6. The second kappa shape index (κ2) is 55.8.